The second-order valence-corrected chi connectivity index (χ2v) is 6.09. The molecule has 20 heavy (non-hydrogen) atoms. The Labute approximate surface area is 130 Å². The van der Waals surface area contributed by atoms with Gasteiger partial charge in [-0.2, -0.15) is 0 Å². The van der Waals surface area contributed by atoms with Crippen molar-refractivity contribution in [3.63, 3.8) is 0 Å². The Morgan fingerprint density at radius 1 is 1.30 bits per heavy atom. The third kappa shape index (κ3) is 3.33. The monoisotopic (exact) mass is 359 g/mol. The Kier molecular flexibility index (Phi) is 5.05. The molecule has 1 aromatic rings. The Balaban J connectivity index is 2.28. The number of carboxylic acids is 1. The summed E-state index contributed by atoms with van der Waals surface area (Å²) in [6, 6.07) is 4.18. The molecule has 0 spiro atoms. The SMILES string of the molecule is O=C(O)C1CCCCCN1C(=O)c1ccc(Br)c(Cl)c1. The van der Waals surface area contributed by atoms with E-state index in [4.69, 9.17) is 11.6 Å². The molecule has 1 saturated heterocycles. The number of carbonyl (C=O) groups excluding carboxylic acids is 1. The lowest BCUT2D eigenvalue weighted by Gasteiger charge is -2.27. The molecule has 1 aromatic carbocycles. The van der Waals surface area contributed by atoms with Gasteiger partial charge in [0, 0.05) is 16.6 Å². The molecular weight excluding hydrogens is 346 g/mol. The van der Waals surface area contributed by atoms with Crippen LogP contribution in [0.15, 0.2) is 22.7 Å². The minimum absolute atomic E-state index is 0.270. The summed E-state index contributed by atoms with van der Waals surface area (Å²) in [5.41, 5.74) is 0.423. The molecule has 1 N–H and O–H groups in total. The largest absolute Gasteiger partial charge is 0.480 e. The number of hydrogen-bond acceptors (Lipinski definition) is 2. The van der Waals surface area contributed by atoms with Gasteiger partial charge in [0.05, 0.1) is 5.02 Å². The van der Waals surface area contributed by atoms with Crippen molar-refractivity contribution >= 4 is 39.4 Å². The number of aliphatic carboxylic acids is 1. The molecule has 0 radical (unpaired) electrons. The molecule has 0 saturated carbocycles. The Bertz CT molecular complexity index is 535. The summed E-state index contributed by atoms with van der Waals surface area (Å²) in [7, 11) is 0. The second kappa shape index (κ2) is 6.59. The van der Waals surface area contributed by atoms with Crippen molar-refractivity contribution in [2.24, 2.45) is 0 Å². The summed E-state index contributed by atoms with van der Waals surface area (Å²) < 4.78 is 0.710. The van der Waals surface area contributed by atoms with Gasteiger partial charge in [0.1, 0.15) is 6.04 Å². The normalized spacial score (nSPS) is 19.5. The molecule has 0 aromatic heterocycles. The quantitative estimate of drug-likeness (QED) is 0.877. The van der Waals surface area contributed by atoms with E-state index < -0.39 is 12.0 Å². The topological polar surface area (TPSA) is 57.6 Å². The van der Waals surface area contributed by atoms with Gasteiger partial charge in [0.25, 0.3) is 5.91 Å². The Morgan fingerprint density at radius 2 is 2.05 bits per heavy atom. The van der Waals surface area contributed by atoms with Crippen LogP contribution in [0.5, 0.6) is 0 Å². The van der Waals surface area contributed by atoms with Crippen molar-refractivity contribution in [2.75, 3.05) is 6.54 Å². The molecule has 2 rings (SSSR count). The van der Waals surface area contributed by atoms with Gasteiger partial charge in [-0.3, -0.25) is 4.79 Å². The number of nitrogens with zero attached hydrogens (tertiary/aromatic N) is 1. The van der Waals surface area contributed by atoms with E-state index in [0.29, 0.717) is 28.0 Å². The maximum absolute atomic E-state index is 12.5. The molecular formula is C14H15BrClNO3. The van der Waals surface area contributed by atoms with Gasteiger partial charge in [-0.15, -0.1) is 0 Å². The standard InChI is InChI=1S/C14H15BrClNO3/c15-10-6-5-9(8-11(10)16)13(18)17-7-3-1-2-4-12(17)14(19)20/h5-6,8,12H,1-4,7H2,(H,19,20). The van der Waals surface area contributed by atoms with Crippen LogP contribution in [0.2, 0.25) is 5.02 Å². The van der Waals surface area contributed by atoms with Crippen LogP contribution in [-0.2, 0) is 4.79 Å². The fourth-order valence-corrected chi connectivity index (χ4v) is 2.83. The van der Waals surface area contributed by atoms with E-state index in [1.807, 2.05) is 0 Å². The van der Waals surface area contributed by atoms with E-state index >= 15 is 0 Å². The Morgan fingerprint density at radius 3 is 2.70 bits per heavy atom. The summed E-state index contributed by atoms with van der Waals surface area (Å²) in [6.07, 6.45) is 3.13. The molecule has 108 valence electrons. The summed E-state index contributed by atoms with van der Waals surface area (Å²) in [5.74, 6) is -1.21. The van der Waals surface area contributed by atoms with Gasteiger partial charge in [0.15, 0.2) is 0 Å². The molecule has 0 bridgehead atoms. The number of hydrogen-bond donors (Lipinski definition) is 1. The van der Waals surface area contributed by atoms with Gasteiger partial charge < -0.3 is 10.0 Å². The highest BCUT2D eigenvalue weighted by Crippen LogP contribution is 2.25. The van der Waals surface area contributed by atoms with Crippen molar-refractivity contribution in [1.29, 1.82) is 0 Å². The lowest BCUT2D eigenvalue weighted by molar-refractivity contribution is -0.142. The van der Waals surface area contributed by atoms with Crippen molar-refractivity contribution in [3.05, 3.63) is 33.3 Å². The summed E-state index contributed by atoms with van der Waals surface area (Å²) in [6.45, 7) is 0.476. The summed E-state index contributed by atoms with van der Waals surface area (Å²) >= 11 is 9.27. The zero-order valence-corrected chi connectivity index (χ0v) is 13.2. The number of amides is 1. The lowest BCUT2D eigenvalue weighted by Crippen LogP contribution is -2.44. The van der Waals surface area contributed by atoms with Crippen LogP contribution in [0.25, 0.3) is 0 Å². The molecule has 1 heterocycles. The highest BCUT2D eigenvalue weighted by molar-refractivity contribution is 9.10. The number of carboxylic acid groups (broad SMARTS) is 1. The number of carbonyl (C=O) groups is 2. The lowest BCUT2D eigenvalue weighted by atomic mass is 10.1. The molecule has 1 aliphatic rings. The first-order valence-corrected chi connectivity index (χ1v) is 7.66. The third-order valence-electron chi connectivity index (χ3n) is 3.47. The fraction of sp³-hybridized carbons (Fsp3) is 0.429. The fourth-order valence-electron chi connectivity index (χ4n) is 2.40. The van der Waals surface area contributed by atoms with E-state index in [0.717, 1.165) is 19.3 Å². The smallest absolute Gasteiger partial charge is 0.326 e. The number of halogens is 2. The maximum Gasteiger partial charge on any atom is 0.326 e. The van der Waals surface area contributed by atoms with Crippen molar-refractivity contribution < 1.29 is 14.7 Å². The third-order valence-corrected chi connectivity index (χ3v) is 4.70. The van der Waals surface area contributed by atoms with Crippen LogP contribution in [-0.4, -0.2) is 34.5 Å². The van der Waals surface area contributed by atoms with E-state index in [9.17, 15) is 14.7 Å². The molecule has 4 nitrogen and oxygen atoms in total. The Hall–Kier alpha value is -1.07. The van der Waals surface area contributed by atoms with E-state index in [2.05, 4.69) is 15.9 Å². The molecule has 0 aliphatic carbocycles. The number of benzene rings is 1. The minimum atomic E-state index is -0.941. The van der Waals surface area contributed by atoms with E-state index in [1.54, 1.807) is 18.2 Å². The molecule has 6 heteroatoms. The first-order valence-electron chi connectivity index (χ1n) is 6.49. The van der Waals surface area contributed by atoms with Crippen LogP contribution < -0.4 is 0 Å². The predicted molar refractivity (Wildman–Crippen MR) is 80.1 cm³/mol. The predicted octanol–water partition coefficient (Wildman–Crippen LogP) is 3.57. The maximum atomic E-state index is 12.5. The summed E-state index contributed by atoms with van der Waals surface area (Å²) in [5, 5.41) is 9.74. The van der Waals surface area contributed by atoms with Gasteiger partial charge >= 0.3 is 5.97 Å². The molecule has 1 amide bonds. The molecule has 1 aliphatic heterocycles. The number of rotatable bonds is 2. The highest BCUT2D eigenvalue weighted by Gasteiger charge is 2.31. The van der Waals surface area contributed by atoms with Crippen LogP contribution in [0.3, 0.4) is 0 Å². The molecule has 1 atom stereocenters. The van der Waals surface area contributed by atoms with Crippen LogP contribution >= 0.6 is 27.5 Å². The van der Waals surface area contributed by atoms with Crippen LogP contribution in [0.1, 0.15) is 36.0 Å². The van der Waals surface area contributed by atoms with E-state index in [1.165, 1.54) is 4.90 Å². The second-order valence-electron chi connectivity index (χ2n) is 4.83. The van der Waals surface area contributed by atoms with E-state index in [-0.39, 0.29) is 5.91 Å². The first-order chi connectivity index (χ1) is 9.50. The molecule has 1 fully saturated rings. The van der Waals surface area contributed by atoms with Gasteiger partial charge in [-0.1, -0.05) is 24.4 Å². The van der Waals surface area contributed by atoms with Crippen molar-refractivity contribution in [2.45, 2.75) is 31.7 Å². The minimum Gasteiger partial charge on any atom is -0.480 e. The average Bonchev–Trinajstić information content (AvgIpc) is 2.66. The molecule has 1 unspecified atom stereocenters. The first kappa shape index (κ1) is 15.3. The summed E-state index contributed by atoms with van der Waals surface area (Å²) in [4.78, 5) is 25.3. The van der Waals surface area contributed by atoms with Crippen molar-refractivity contribution in [1.82, 2.24) is 4.90 Å². The zero-order valence-electron chi connectivity index (χ0n) is 10.8. The number of likely N-dealkylation sites (tertiary alicyclic amines) is 1. The van der Waals surface area contributed by atoms with Gasteiger partial charge in [-0.05, 0) is 47.0 Å². The van der Waals surface area contributed by atoms with Crippen LogP contribution in [0.4, 0.5) is 0 Å². The van der Waals surface area contributed by atoms with Crippen LogP contribution in [0, 0.1) is 0 Å². The van der Waals surface area contributed by atoms with Gasteiger partial charge in [-0.25, -0.2) is 4.79 Å². The van der Waals surface area contributed by atoms with Gasteiger partial charge in [0.2, 0.25) is 0 Å². The average molecular weight is 361 g/mol. The highest BCUT2D eigenvalue weighted by atomic mass is 79.9. The van der Waals surface area contributed by atoms with Crippen molar-refractivity contribution in [3.8, 4) is 0 Å². The zero-order chi connectivity index (χ0) is 14.7.